The van der Waals surface area contributed by atoms with Gasteiger partial charge in [0.05, 0.1) is 5.69 Å². The molecule has 2 heterocycles. The molecule has 1 aliphatic rings. The number of aromatic nitrogens is 1. The van der Waals surface area contributed by atoms with Crippen LogP contribution in [0.1, 0.15) is 24.8 Å². The van der Waals surface area contributed by atoms with E-state index in [-0.39, 0.29) is 0 Å². The first kappa shape index (κ1) is 13.7. The van der Waals surface area contributed by atoms with Crippen LogP contribution in [0.5, 0.6) is 0 Å². The zero-order valence-corrected chi connectivity index (χ0v) is 11.6. The average Bonchev–Trinajstić information content (AvgIpc) is 3.02. The molecule has 19 heavy (non-hydrogen) atoms. The van der Waals surface area contributed by atoms with E-state index in [1.54, 1.807) is 0 Å². The maximum atomic E-state index is 3.48. The van der Waals surface area contributed by atoms with Gasteiger partial charge in [0.2, 0.25) is 0 Å². The average molecular weight is 257 g/mol. The summed E-state index contributed by atoms with van der Waals surface area (Å²) in [5.74, 6) is 0. The van der Waals surface area contributed by atoms with Gasteiger partial charge in [-0.3, -0.25) is 0 Å². The first-order valence-corrected chi connectivity index (χ1v) is 7.01. The number of rotatable bonds is 2. The Kier molecular flexibility index (Phi) is 5.50. The minimum Gasteiger partial charge on any atom is -0.368 e. The van der Waals surface area contributed by atoms with E-state index < -0.39 is 0 Å². The molecule has 1 saturated heterocycles. The molecule has 0 bridgehead atoms. The van der Waals surface area contributed by atoms with Crippen molar-refractivity contribution >= 4 is 5.69 Å². The van der Waals surface area contributed by atoms with Crippen LogP contribution in [-0.2, 0) is 0 Å². The first-order chi connectivity index (χ1) is 9.36. The molecule has 1 fully saturated rings. The minimum absolute atomic E-state index is 1.17. The second kappa shape index (κ2) is 7.64. The lowest BCUT2D eigenvalue weighted by atomic mass is 10.1. The van der Waals surface area contributed by atoms with Gasteiger partial charge in [-0.2, -0.15) is 0 Å². The molecular formula is C16H23N3. The summed E-state index contributed by atoms with van der Waals surface area (Å²) in [4.78, 5) is 2.86. The molecule has 0 spiro atoms. The van der Waals surface area contributed by atoms with Gasteiger partial charge in [0.25, 0.3) is 0 Å². The van der Waals surface area contributed by atoms with Crippen molar-refractivity contribution in [3.8, 4) is 0 Å². The summed E-state index contributed by atoms with van der Waals surface area (Å²) in [6.07, 6.45) is 7.77. The van der Waals surface area contributed by atoms with Gasteiger partial charge in [-0.1, -0.05) is 24.6 Å². The number of benzene rings is 1. The van der Waals surface area contributed by atoms with E-state index in [9.17, 15) is 0 Å². The van der Waals surface area contributed by atoms with Crippen LogP contribution in [-0.4, -0.2) is 23.1 Å². The van der Waals surface area contributed by atoms with Crippen LogP contribution >= 0.6 is 0 Å². The van der Waals surface area contributed by atoms with Crippen LogP contribution < -0.4 is 5.43 Å². The smallest absolute Gasteiger partial charge is 0.0519 e. The van der Waals surface area contributed by atoms with Gasteiger partial charge in [-0.25, -0.2) is 5.01 Å². The second-order valence-electron chi connectivity index (χ2n) is 4.86. The number of hydrazine groups is 1. The van der Waals surface area contributed by atoms with E-state index in [4.69, 9.17) is 0 Å². The monoisotopic (exact) mass is 257 g/mol. The zero-order valence-electron chi connectivity index (χ0n) is 11.6. The SMILES string of the molecule is Cc1ccccc1NN1CCCCC1.c1cc[nH]c1. The highest BCUT2D eigenvalue weighted by Gasteiger charge is 2.09. The quantitative estimate of drug-likeness (QED) is 0.857. The van der Waals surface area contributed by atoms with Gasteiger partial charge >= 0.3 is 0 Å². The summed E-state index contributed by atoms with van der Waals surface area (Å²) < 4.78 is 0. The fourth-order valence-electron chi connectivity index (χ4n) is 2.15. The molecule has 2 aromatic rings. The molecule has 3 nitrogen and oxygen atoms in total. The third kappa shape index (κ3) is 4.79. The van der Waals surface area contributed by atoms with Crippen molar-refractivity contribution in [1.82, 2.24) is 9.99 Å². The summed E-state index contributed by atoms with van der Waals surface area (Å²) in [6, 6.07) is 12.3. The third-order valence-electron chi connectivity index (χ3n) is 3.28. The van der Waals surface area contributed by atoms with Crippen molar-refractivity contribution in [3.05, 3.63) is 54.4 Å². The Morgan fingerprint density at radius 3 is 2.21 bits per heavy atom. The predicted octanol–water partition coefficient (Wildman–Crippen LogP) is 3.82. The summed E-state index contributed by atoms with van der Waals surface area (Å²) >= 11 is 0. The molecule has 0 saturated carbocycles. The number of H-pyrrole nitrogens is 1. The van der Waals surface area contributed by atoms with Crippen LogP contribution in [0.25, 0.3) is 0 Å². The number of aromatic amines is 1. The molecule has 1 aliphatic heterocycles. The van der Waals surface area contributed by atoms with Crippen molar-refractivity contribution in [2.45, 2.75) is 26.2 Å². The van der Waals surface area contributed by atoms with Crippen molar-refractivity contribution in [2.24, 2.45) is 0 Å². The molecule has 0 aliphatic carbocycles. The summed E-state index contributed by atoms with van der Waals surface area (Å²) in [6.45, 7) is 4.49. The van der Waals surface area contributed by atoms with Crippen LogP contribution in [0.4, 0.5) is 5.69 Å². The molecule has 0 amide bonds. The van der Waals surface area contributed by atoms with Gasteiger partial charge in [-0.05, 0) is 43.5 Å². The molecule has 2 N–H and O–H groups in total. The minimum atomic E-state index is 1.17. The lowest BCUT2D eigenvalue weighted by Gasteiger charge is -2.28. The maximum absolute atomic E-state index is 3.48. The number of nitrogens with one attached hydrogen (secondary N) is 2. The fourth-order valence-corrected chi connectivity index (χ4v) is 2.15. The Labute approximate surface area is 115 Å². The number of para-hydroxylation sites is 1. The first-order valence-electron chi connectivity index (χ1n) is 7.01. The number of hydrogen-bond acceptors (Lipinski definition) is 2. The molecule has 1 aromatic carbocycles. The van der Waals surface area contributed by atoms with Gasteiger partial charge in [0, 0.05) is 25.5 Å². The molecule has 0 radical (unpaired) electrons. The van der Waals surface area contributed by atoms with Crippen molar-refractivity contribution in [2.75, 3.05) is 18.5 Å². The Morgan fingerprint density at radius 2 is 1.63 bits per heavy atom. The van der Waals surface area contributed by atoms with Crippen LogP contribution in [0, 0.1) is 6.92 Å². The maximum Gasteiger partial charge on any atom is 0.0519 e. The molecule has 102 valence electrons. The lowest BCUT2D eigenvalue weighted by molar-refractivity contribution is 0.273. The van der Waals surface area contributed by atoms with E-state index in [1.165, 1.54) is 43.6 Å². The molecule has 3 rings (SSSR count). The number of anilines is 1. The highest BCUT2D eigenvalue weighted by atomic mass is 15.5. The lowest BCUT2D eigenvalue weighted by Crippen LogP contribution is -2.35. The molecular weight excluding hydrogens is 234 g/mol. The number of nitrogens with zero attached hydrogens (tertiary/aromatic N) is 1. The Hall–Kier alpha value is -1.74. The standard InChI is InChI=1S/C12H18N2.C4H5N/c1-11-7-3-4-8-12(11)13-14-9-5-2-6-10-14;1-2-4-5-3-1/h3-4,7-8,13H,2,5-6,9-10H2,1H3;1-5H. The molecule has 0 unspecified atom stereocenters. The van der Waals surface area contributed by atoms with E-state index in [2.05, 4.69) is 46.6 Å². The van der Waals surface area contributed by atoms with E-state index in [0.717, 1.165) is 0 Å². The number of hydrogen-bond donors (Lipinski definition) is 2. The summed E-state index contributed by atoms with van der Waals surface area (Å²) in [7, 11) is 0. The fraction of sp³-hybridized carbons (Fsp3) is 0.375. The molecule has 3 heteroatoms. The highest BCUT2D eigenvalue weighted by molar-refractivity contribution is 5.49. The largest absolute Gasteiger partial charge is 0.368 e. The van der Waals surface area contributed by atoms with Gasteiger partial charge in [-0.15, -0.1) is 0 Å². The Balaban J connectivity index is 0.000000224. The summed E-state index contributed by atoms with van der Waals surface area (Å²) in [5.41, 5.74) is 6.04. The number of aryl methyl sites for hydroxylation is 1. The van der Waals surface area contributed by atoms with Crippen molar-refractivity contribution in [3.63, 3.8) is 0 Å². The van der Waals surface area contributed by atoms with Gasteiger partial charge in [0.1, 0.15) is 0 Å². The Bertz CT molecular complexity index is 428. The second-order valence-corrected chi connectivity index (χ2v) is 4.86. The third-order valence-corrected chi connectivity index (χ3v) is 3.28. The van der Waals surface area contributed by atoms with E-state index in [1.807, 2.05) is 24.5 Å². The van der Waals surface area contributed by atoms with Crippen molar-refractivity contribution in [1.29, 1.82) is 0 Å². The summed E-state index contributed by atoms with van der Waals surface area (Å²) in [5, 5.41) is 2.33. The Morgan fingerprint density at radius 1 is 0.947 bits per heavy atom. The van der Waals surface area contributed by atoms with Gasteiger partial charge in [0.15, 0.2) is 0 Å². The van der Waals surface area contributed by atoms with E-state index in [0.29, 0.717) is 0 Å². The van der Waals surface area contributed by atoms with Crippen molar-refractivity contribution < 1.29 is 0 Å². The topological polar surface area (TPSA) is 31.1 Å². The highest BCUT2D eigenvalue weighted by Crippen LogP contribution is 2.16. The molecule has 1 aromatic heterocycles. The number of piperidine rings is 1. The van der Waals surface area contributed by atoms with E-state index >= 15 is 0 Å². The van der Waals surface area contributed by atoms with Gasteiger partial charge < -0.3 is 10.4 Å². The van der Waals surface area contributed by atoms with Crippen LogP contribution in [0.2, 0.25) is 0 Å². The van der Waals surface area contributed by atoms with Crippen LogP contribution in [0.15, 0.2) is 48.8 Å². The predicted molar refractivity (Wildman–Crippen MR) is 81.0 cm³/mol. The normalized spacial score (nSPS) is 15.4. The van der Waals surface area contributed by atoms with Crippen LogP contribution in [0.3, 0.4) is 0 Å². The zero-order chi connectivity index (χ0) is 13.3. The molecule has 0 atom stereocenters.